The summed E-state index contributed by atoms with van der Waals surface area (Å²) in [5.74, 6) is -0.412. The number of benzene rings is 1. The predicted molar refractivity (Wildman–Crippen MR) is 82.4 cm³/mol. The van der Waals surface area contributed by atoms with Crippen LogP contribution in [0, 0.1) is 5.82 Å². The second-order valence-corrected chi connectivity index (χ2v) is 5.94. The topological polar surface area (TPSA) is 29.9 Å². The maximum absolute atomic E-state index is 13.7. The molecule has 21 heavy (non-hydrogen) atoms. The summed E-state index contributed by atoms with van der Waals surface area (Å²) in [6.07, 6.45) is 6.36. The van der Waals surface area contributed by atoms with Gasteiger partial charge in [-0.25, -0.2) is 9.07 Å². The molecule has 1 N–H and O–H groups in total. The Morgan fingerprint density at radius 3 is 2.90 bits per heavy atom. The van der Waals surface area contributed by atoms with Gasteiger partial charge in [0.1, 0.15) is 5.82 Å². The van der Waals surface area contributed by atoms with Crippen molar-refractivity contribution in [2.24, 2.45) is 0 Å². The van der Waals surface area contributed by atoms with Crippen LogP contribution in [0.5, 0.6) is 0 Å². The van der Waals surface area contributed by atoms with E-state index in [0.717, 1.165) is 30.8 Å². The van der Waals surface area contributed by atoms with Crippen molar-refractivity contribution in [1.82, 2.24) is 15.1 Å². The third-order valence-corrected chi connectivity index (χ3v) is 4.06. The van der Waals surface area contributed by atoms with Gasteiger partial charge >= 0.3 is 0 Å². The molecule has 1 fully saturated rings. The standard InChI is InChI=1S/C16H19ClFN3/c1-2-3-16-11(9-19-12-4-5-12)10-20-21(16)13-6-7-14(17)15(18)8-13/h6-8,10,12,19H,2-5,9H2,1H3. The van der Waals surface area contributed by atoms with E-state index < -0.39 is 5.82 Å². The molecule has 112 valence electrons. The van der Waals surface area contributed by atoms with Gasteiger partial charge in [0.25, 0.3) is 0 Å². The van der Waals surface area contributed by atoms with Crippen LogP contribution in [0.4, 0.5) is 4.39 Å². The van der Waals surface area contributed by atoms with Crippen LogP contribution >= 0.6 is 11.6 Å². The van der Waals surface area contributed by atoms with Crippen molar-refractivity contribution in [3.05, 3.63) is 46.5 Å². The van der Waals surface area contributed by atoms with E-state index in [1.807, 2.05) is 10.9 Å². The number of hydrogen-bond acceptors (Lipinski definition) is 2. The van der Waals surface area contributed by atoms with Crippen molar-refractivity contribution in [1.29, 1.82) is 0 Å². The largest absolute Gasteiger partial charge is 0.310 e. The van der Waals surface area contributed by atoms with E-state index in [-0.39, 0.29) is 5.02 Å². The number of aromatic nitrogens is 2. The van der Waals surface area contributed by atoms with Crippen LogP contribution in [-0.4, -0.2) is 15.8 Å². The van der Waals surface area contributed by atoms with Crippen LogP contribution in [0.1, 0.15) is 37.4 Å². The molecule has 1 aromatic heterocycles. The van der Waals surface area contributed by atoms with Crippen molar-refractivity contribution in [3.8, 4) is 5.69 Å². The molecule has 0 atom stereocenters. The summed E-state index contributed by atoms with van der Waals surface area (Å²) in [7, 11) is 0. The molecule has 3 rings (SSSR count). The zero-order chi connectivity index (χ0) is 14.8. The normalized spacial score (nSPS) is 14.6. The third kappa shape index (κ3) is 3.27. The molecule has 1 aliphatic rings. The van der Waals surface area contributed by atoms with Gasteiger partial charge in [-0.05, 0) is 31.4 Å². The van der Waals surface area contributed by atoms with Crippen LogP contribution in [0.2, 0.25) is 5.02 Å². The molecule has 1 aliphatic carbocycles. The first-order valence-corrected chi connectivity index (χ1v) is 7.81. The Kier molecular flexibility index (Phi) is 4.27. The van der Waals surface area contributed by atoms with E-state index in [1.54, 1.807) is 12.1 Å². The first-order valence-electron chi connectivity index (χ1n) is 7.43. The third-order valence-electron chi connectivity index (χ3n) is 3.75. The maximum Gasteiger partial charge on any atom is 0.143 e. The number of halogens is 2. The average Bonchev–Trinajstić information content (AvgIpc) is 3.22. The molecule has 0 amide bonds. The molecular weight excluding hydrogens is 289 g/mol. The highest BCUT2D eigenvalue weighted by Crippen LogP contribution is 2.23. The number of rotatable bonds is 6. The Hall–Kier alpha value is -1.39. The Morgan fingerprint density at radius 2 is 2.24 bits per heavy atom. The lowest BCUT2D eigenvalue weighted by Crippen LogP contribution is -2.16. The Bertz CT molecular complexity index is 634. The monoisotopic (exact) mass is 307 g/mol. The van der Waals surface area contributed by atoms with Gasteiger partial charge in [-0.3, -0.25) is 0 Å². The van der Waals surface area contributed by atoms with E-state index in [2.05, 4.69) is 17.3 Å². The SMILES string of the molecule is CCCc1c(CNC2CC2)cnn1-c1ccc(Cl)c(F)c1. The number of hydrogen-bond donors (Lipinski definition) is 1. The van der Waals surface area contributed by atoms with E-state index >= 15 is 0 Å². The summed E-state index contributed by atoms with van der Waals surface area (Å²) in [5, 5.41) is 8.09. The van der Waals surface area contributed by atoms with Crippen molar-refractivity contribution >= 4 is 11.6 Å². The van der Waals surface area contributed by atoms with E-state index in [1.165, 1.54) is 24.5 Å². The molecular formula is C16H19ClFN3. The molecule has 0 saturated heterocycles. The van der Waals surface area contributed by atoms with Crippen molar-refractivity contribution in [2.75, 3.05) is 0 Å². The zero-order valence-electron chi connectivity index (χ0n) is 12.1. The maximum atomic E-state index is 13.7. The Labute approximate surface area is 129 Å². The molecule has 0 unspecified atom stereocenters. The quantitative estimate of drug-likeness (QED) is 0.878. The molecule has 5 heteroatoms. The summed E-state index contributed by atoms with van der Waals surface area (Å²) in [4.78, 5) is 0. The Balaban J connectivity index is 1.90. The molecule has 0 bridgehead atoms. The van der Waals surface area contributed by atoms with Gasteiger partial charge in [-0.2, -0.15) is 5.10 Å². The van der Waals surface area contributed by atoms with Crippen LogP contribution in [0.3, 0.4) is 0 Å². The van der Waals surface area contributed by atoms with Gasteiger partial charge in [0.15, 0.2) is 0 Å². The minimum Gasteiger partial charge on any atom is -0.310 e. The molecule has 0 aliphatic heterocycles. The van der Waals surface area contributed by atoms with Crippen molar-refractivity contribution in [3.63, 3.8) is 0 Å². The van der Waals surface area contributed by atoms with Gasteiger partial charge in [0, 0.05) is 29.9 Å². The molecule has 1 aromatic carbocycles. The fourth-order valence-corrected chi connectivity index (χ4v) is 2.56. The summed E-state index contributed by atoms with van der Waals surface area (Å²) >= 11 is 5.75. The van der Waals surface area contributed by atoms with Gasteiger partial charge in [0.05, 0.1) is 16.9 Å². The summed E-state index contributed by atoms with van der Waals surface area (Å²) in [6.45, 7) is 2.97. The van der Waals surface area contributed by atoms with Crippen LogP contribution < -0.4 is 5.32 Å². The van der Waals surface area contributed by atoms with Crippen molar-refractivity contribution < 1.29 is 4.39 Å². The molecule has 0 spiro atoms. The lowest BCUT2D eigenvalue weighted by atomic mass is 10.1. The molecule has 1 heterocycles. The first-order chi connectivity index (χ1) is 10.2. The summed E-state index contributed by atoms with van der Waals surface area (Å²) in [5.41, 5.74) is 3.06. The van der Waals surface area contributed by atoms with Gasteiger partial charge in [-0.15, -0.1) is 0 Å². The molecule has 3 nitrogen and oxygen atoms in total. The summed E-state index contributed by atoms with van der Waals surface area (Å²) in [6, 6.07) is 5.48. The van der Waals surface area contributed by atoms with Crippen LogP contribution in [0.15, 0.2) is 24.4 Å². The van der Waals surface area contributed by atoms with Gasteiger partial charge in [0.2, 0.25) is 0 Å². The molecule has 0 radical (unpaired) electrons. The zero-order valence-corrected chi connectivity index (χ0v) is 12.8. The number of nitrogens with one attached hydrogen (secondary N) is 1. The average molecular weight is 308 g/mol. The van der Waals surface area contributed by atoms with Crippen LogP contribution in [0.25, 0.3) is 5.69 Å². The number of nitrogens with zero attached hydrogens (tertiary/aromatic N) is 2. The molecule has 1 saturated carbocycles. The fraction of sp³-hybridized carbons (Fsp3) is 0.438. The Morgan fingerprint density at radius 1 is 1.43 bits per heavy atom. The van der Waals surface area contributed by atoms with E-state index in [9.17, 15) is 4.39 Å². The minimum absolute atomic E-state index is 0.138. The smallest absolute Gasteiger partial charge is 0.143 e. The lowest BCUT2D eigenvalue weighted by molar-refractivity contribution is 0.624. The highest BCUT2D eigenvalue weighted by atomic mass is 35.5. The second kappa shape index (κ2) is 6.16. The van der Waals surface area contributed by atoms with Gasteiger partial charge in [-0.1, -0.05) is 24.9 Å². The fourth-order valence-electron chi connectivity index (χ4n) is 2.44. The summed E-state index contributed by atoms with van der Waals surface area (Å²) < 4.78 is 15.5. The van der Waals surface area contributed by atoms with Gasteiger partial charge < -0.3 is 5.32 Å². The van der Waals surface area contributed by atoms with Crippen molar-refractivity contribution in [2.45, 2.75) is 45.2 Å². The highest BCUT2D eigenvalue weighted by molar-refractivity contribution is 6.30. The minimum atomic E-state index is -0.412. The van der Waals surface area contributed by atoms with Crippen LogP contribution in [-0.2, 0) is 13.0 Å². The highest BCUT2D eigenvalue weighted by Gasteiger charge is 2.21. The van der Waals surface area contributed by atoms with E-state index in [4.69, 9.17) is 11.6 Å². The van der Waals surface area contributed by atoms with E-state index in [0.29, 0.717) is 6.04 Å². The predicted octanol–water partition coefficient (Wildman–Crippen LogP) is 3.87. The lowest BCUT2D eigenvalue weighted by Gasteiger charge is -2.10. The first kappa shape index (κ1) is 14.5. The second-order valence-electron chi connectivity index (χ2n) is 5.53. The molecule has 2 aromatic rings.